The number of aromatic nitrogens is 2. The van der Waals surface area contributed by atoms with Crippen LogP contribution in [0, 0.1) is 6.92 Å². The zero-order chi connectivity index (χ0) is 13.0. The molecule has 92 valence electrons. The number of halogens is 1. The second-order valence-corrected chi connectivity index (χ2v) is 3.89. The van der Waals surface area contributed by atoms with Gasteiger partial charge in [0.2, 0.25) is 0 Å². The fourth-order valence-electron chi connectivity index (χ4n) is 1.59. The largest absolute Gasteiger partial charge is 0.516 e. The molecule has 1 aromatic heterocycles. The van der Waals surface area contributed by atoms with Crippen molar-refractivity contribution in [3.8, 4) is 11.4 Å². The predicted octanol–water partition coefficient (Wildman–Crippen LogP) is 3.53. The predicted molar refractivity (Wildman–Crippen MR) is 67.8 cm³/mol. The van der Waals surface area contributed by atoms with Crippen LogP contribution in [-0.2, 0) is 0 Å². The van der Waals surface area contributed by atoms with Crippen LogP contribution in [0.5, 0.6) is 0 Å². The van der Waals surface area contributed by atoms with E-state index < -0.39 is 6.17 Å². The standard InChI is InChI=1S/C14H13FN2O/c1-10-6-8-16-14(17-10)12-4-2-11(3-5-12)13(15)7-9-18/h2-9,13,18H,1H3/b9-7-. The first-order valence-electron chi connectivity index (χ1n) is 5.55. The number of rotatable bonds is 3. The molecule has 18 heavy (non-hydrogen) atoms. The van der Waals surface area contributed by atoms with Crippen LogP contribution in [-0.4, -0.2) is 15.1 Å². The van der Waals surface area contributed by atoms with E-state index in [4.69, 9.17) is 5.11 Å². The number of aryl methyl sites for hydroxylation is 1. The summed E-state index contributed by atoms with van der Waals surface area (Å²) in [5, 5.41) is 8.52. The van der Waals surface area contributed by atoms with E-state index in [9.17, 15) is 4.39 Å². The average Bonchev–Trinajstić information content (AvgIpc) is 2.39. The Bertz CT molecular complexity index is 552. The molecule has 0 aliphatic carbocycles. The molecule has 0 aliphatic rings. The summed E-state index contributed by atoms with van der Waals surface area (Å²) in [5.41, 5.74) is 2.20. The van der Waals surface area contributed by atoms with Crippen molar-refractivity contribution >= 4 is 0 Å². The van der Waals surface area contributed by atoms with Crippen molar-refractivity contribution in [1.29, 1.82) is 0 Å². The molecule has 2 aromatic rings. The lowest BCUT2D eigenvalue weighted by Gasteiger charge is -2.05. The van der Waals surface area contributed by atoms with Crippen LogP contribution >= 0.6 is 0 Å². The summed E-state index contributed by atoms with van der Waals surface area (Å²) in [6.45, 7) is 1.89. The van der Waals surface area contributed by atoms with E-state index in [0.29, 0.717) is 17.6 Å². The monoisotopic (exact) mass is 244 g/mol. The molecule has 0 amide bonds. The van der Waals surface area contributed by atoms with Crippen molar-refractivity contribution in [2.45, 2.75) is 13.1 Å². The second-order valence-electron chi connectivity index (χ2n) is 3.89. The van der Waals surface area contributed by atoms with Crippen molar-refractivity contribution in [3.05, 3.63) is 60.1 Å². The van der Waals surface area contributed by atoms with E-state index in [1.54, 1.807) is 30.5 Å². The van der Waals surface area contributed by atoms with Crippen molar-refractivity contribution in [3.63, 3.8) is 0 Å². The molecule has 4 heteroatoms. The van der Waals surface area contributed by atoms with Gasteiger partial charge in [-0.25, -0.2) is 14.4 Å². The Morgan fingerprint density at radius 1 is 1.22 bits per heavy atom. The molecule has 1 N–H and O–H groups in total. The van der Waals surface area contributed by atoms with Gasteiger partial charge in [0.1, 0.15) is 6.17 Å². The number of aliphatic hydroxyl groups is 1. The van der Waals surface area contributed by atoms with Crippen molar-refractivity contribution in [2.75, 3.05) is 0 Å². The van der Waals surface area contributed by atoms with Gasteiger partial charge in [0.25, 0.3) is 0 Å². The minimum atomic E-state index is -1.30. The fourth-order valence-corrected chi connectivity index (χ4v) is 1.59. The van der Waals surface area contributed by atoms with Gasteiger partial charge in [0, 0.05) is 17.5 Å². The molecule has 2 rings (SSSR count). The zero-order valence-corrected chi connectivity index (χ0v) is 9.92. The van der Waals surface area contributed by atoms with E-state index in [-0.39, 0.29) is 0 Å². The summed E-state index contributed by atoms with van der Waals surface area (Å²) in [6, 6.07) is 8.67. The summed E-state index contributed by atoms with van der Waals surface area (Å²) in [5.74, 6) is 0.620. The first kappa shape index (κ1) is 12.2. The van der Waals surface area contributed by atoms with E-state index in [1.807, 2.05) is 13.0 Å². The Morgan fingerprint density at radius 3 is 2.56 bits per heavy atom. The number of hydrogen-bond acceptors (Lipinski definition) is 3. The lowest BCUT2D eigenvalue weighted by Crippen LogP contribution is -1.92. The fraction of sp³-hybridized carbons (Fsp3) is 0.143. The topological polar surface area (TPSA) is 46.0 Å². The Hall–Kier alpha value is -2.23. The highest BCUT2D eigenvalue weighted by atomic mass is 19.1. The molecular weight excluding hydrogens is 231 g/mol. The quantitative estimate of drug-likeness (QED) is 0.840. The Morgan fingerprint density at radius 2 is 1.94 bits per heavy atom. The number of nitrogens with zero attached hydrogens (tertiary/aromatic N) is 2. The van der Waals surface area contributed by atoms with Gasteiger partial charge in [-0.05, 0) is 24.6 Å². The molecule has 1 heterocycles. The maximum atomic E-state index is 13.5. The minimum absolute atomic E-state index is 0.483. The van der Waals surface area contributed by atoms with Gasteiger partial charge >= 0.3 is 0 Å². The normalized spacial score (nSPS) is 12.8. The van der Waals surface area contributed by atoms with Gasteiger partial charge in [0.15, 0.2) is 5.82 Å². The number of benzene rings is 1. The second kappa shape index (κ2) is 5.40. The van der Waals surface area contributed by atoms with Gasteiger partial charge in [-0.1, -0.05) is 24.3 Å². The Balaban J connectivity index is 2.27. The summed E-state index contributed by atoms with van der Waals surface area (Å²) >= 11 is 0. The third kappa shape index (κ3) is 2.71. The third-order valence-corrected chi connectivity index (χ3v) is 2.54. The molecule has 1 aromatic carbocycles. The molecule has 0 radical (unpaired) electrons. The molecule has 0 aliphatic heterocycles. The molecule has 0 saturated carbocycles. The smallest absolute Gasteiger partial charge is 0.159 e. The molecule has 1 atom stereocenters. The minimum Gasteiger partial charge on any atom is -0.516 e. The maximum Gasteiger partial charge on any atom is 0.159 e. The van der Waals surface area contributed by atoms with Crippen LogP contribution in [0.25, 0.3) is 11.4 Å². The Kier molecular flexibility index (Phi) is 3.67. The summed E-state index contributed by atoms with van der Waals surface area (Å²) in [4.78, 5) is 8.46. The molecule has 1 unspecified atom stereocenters. The SMILES string of the molecule is Cc1ccnc(-c2ccc(C(F)/C=C\O)cc2)n1. The number of alkyl halides is 1. The van der Waals surface area contributed by atoms with E-state index in [2.05, 4.69) is 9.97 Å². The van der Waals surface area contributed by atoms with Crippen molar-refractivity contribution in [2.24, 2.45) is 0 Å². The first-order chi connectivity index (χ1) is 8.70. The van der Waals surface area contributed by atoms with Crippen LogP contribution in [0.15, 0.2) is 48.9 Å². The molecular formula is C14H13FN2O. The average molecular weight is 244 g/mol. The molecule has 0 saturated heterocycles. The number of allylic oxidation sites excluding steroid dienone is 1. The third-order valence-electron chi connectivity index (χ3n) is 2.54. The maximum absolute atomic E-state index is 13.5. The van der Waals surface area contributed by atoms with Crippen LogP contribution < -0.4 is 0 Å². The van der Waals surface area contributed by atoms with Gasteiger partial charge in [0.05, 0.1) is 6.26 Å². The van der Waals surface area contributed by atoms with Gasteiger partial charge in [-0.3, -0.25) is 0 Å². The molecule has 0 spiro atoms. The lowest BCUT2D eigenvalue weighted by atomic mass is 10.1. The number of aliphatic hydroxyl groups excluding tert-OH is 1. The highest BCUT2D eigenvalue weighted by Gasteiger charge is 2.07. The number of hydrogen-bond donors (Lipinski definition) is 1. The first-order valence-corrected chi connectivity index (χ1v) is 5.55. The molecule has 3 nitrogen and oxygen atoms in total. The van der Waals surface area contributed by atoms with Crippen LogP contribution in [0.1, 0.15) is 17.4 Å². The van der Waals surface area contributed by atoms with E-state index >= 15 is 0 Å². The van der Waals surface area contributed by atoms with Crippen LogP contribution in [0.2, 0.25) is 0 Å². The summed E-state index contributed by atoms with van der Waals surface area (Å²) in [7, 11) is 0. The van der Waals surface area contributed by atoms with Crippen LogP contribution in [0.3, 0.4) is 0 Å². The van der Waals surface area contributed by atoms with E-state index in [1.165, 1.54) is 0 Å². The highest BCUT2D eigenvalue weighted by molar-refractivity contribution is 5.55. The summed E-state index contributed by atoms with van der Waals surface area (Å²) in [6.07, 6.45) is 2.18. The summed E-state index contributed by atoms with van der Waals surface area (Å²) < 4.78 is 13.5. The van der Waals surface area contributed by atoms with Crippen molar-refractivity contribution < 1.29 is 9.50 Å². The van der Waals surface area contributed by atoms with Gasteiger partial charge < -0.3 is 5.11 Å². The lowest BCUT2D eigenvalue weighted by molar-refractivity contribution is 0.396. The van der Waals surface area contributed by atoms with Crippen LogP contribution in [0.4, 0.5) is 4.39 Å². The Labute approximate surface area is 105 Å². The molecule has 0 bridgehead atoms. The van der Waals surface area contributed by atoms with Gasteiger partial charge in [-0.2, -0.15) is 0 Å². The van der Waals surface area contributed by atoms with E-state index in [0.717, 1.165) is 17.3 Å². The van der Waals surface area contributed by atoms with Gasteiger partial charge in [-0.15, -0.1) is 0 Å². The molecule has 0 fully saturated rings. The highest BCUT2D eigenvalue weighted by Crippen LogP contribution is 2.22. The zero-order valence-electron chi connectivity index (χ0n) is 9.92. The van der Waals surface area contributed by atoms with Crippen molar-refractivity contribution in [1.82, 2.24) is 9.97 Å².